The number of piperazine rings is 1. The molecule has 102 valence electrons. The second kappa shape index (κ2) is 4.82. The van der Waals surface area contributed by atoms with Gasteiger partial charge in [-0.25, -0.2) is 0 Å². The Morgan fingerprint density at radius 3 is 2.26 bits per heavy atom. The highest BCUT2D eigenvalue weighted by molar-refractivity contribution is 5.46. The van der Waals surface area contributed by atoms with Crippen LogP contribution in [-0.2, 0) is 0 Å². The molecule has 1 saturated heterocycles. The van der Waals surface area contributed by atoms with Gasteiger partial charge in [-0.3, -0.25) is 4.90 Å². The molecule has 3 aliphatic rings. The smallest absolute Gasteiger partial charge is 0.0367 e. The fraction of sp³-hybridized carbons (Fsp3) is 0.647. The van der Waals surface area contributed by atoms with Crippen molar-refractivity contribution in [1.82, 2.24) is 4.90 Å². The average Bonchev–Trinajstić information content (AvgIpc) is 3.11. The molecule has 2 aliphatic carbocycles. The molecule has 3 fully saturated rings. The van der Waals surface area contributed by atoms with Crippen LogP contribution in [-0.4, -0.2) is 37.1 Å². The third-order valence-corrected chi connectivity index (χ3v) is 5.61. The molecule has 0 unspecified atom stereocenters. The van der Waals surface area contributed by atoms with Gasteiger partial charge in [-0.05, 0) is 43.2 Å². The second-order valence-corrected chi connectivity index (χ2v) is 6.60. The van der Waals surface area contributed by atoms with Gasteiger partial charge < -0.3 is 4.90 Å². The van der Waals surface area contributed by atoms with Gasteiger partial charge in [0.15, 0.2) is 0 Å². The lowest BCUT2D eigenvalue weighted by Gasteiger charge is -2.41. The van der Waals surface area contributed by atoms with Gasteiger partial charge in [-0.2, -0.15) is 0 Å². The lowest BCUT2D eigenvalue weighted by molar-refractivity contribution is 0.135. The van der Waals surface area contributed by atoms with Crippen LogP contribution in [0.25, 0.3) is 0 Å². The van der Waals surface area contributed by atoms with E-state index < -0.39 is 0 Å². The molecule has 0 amide bonds. The molecule has 1 aromatic rings. The van der Waals surface area contributed by atoms with Gasteiger partial charge in [0, 0.05) is 37.9 Å². The van der Waals surface area contributed by atoms with E-state index in [4.69, 9.17) is 0 Å². The normalized spacial score (nSPS) is 34.9. The molecular weight excluding hydrogens is 232 g/mol. The van der Waals surface area contributed by atoms with Crippen molar-refractivity contribution >= 4 is 5.69 Å². The van der Waals surface area contributed by atoms with Crippen LogP contribution in [0.15, 0.2) is 30.3 Å². The third-order valence-electron chi connectivity index (χ3n) is 5.61. The lowest BCUT2D eigenvalue weighted by Crippen LogP contribution is -2.51. The number of benzene rings is 1. The first kappa shape index (κ1) is 11.8. The molecule has 3 atom stereocenters. The van der Waals surface area contributed by atoms with Crippen molar-refractivity contribution in [3.05, 3.63) is 30.3 Å². The number of rotatable bonds is 2. The van der Waals surface area contributed by atoms with E-state index in [0.29, 0.717) is 0 Å². The number of nitrogens with zero attached hydrogens (tertiary/aromatic N) is 2. The molecule has 2 nitrogen and oxygen atoms in total. The largest absolute Gasteiger partial charge is 0.369 e. The SMILES string of the molecule is c1ccc(N2CCN([C@@H]3C[C@H]4CC[C@@H]3C4)CC2)cc1. The standard InChI is InChI=1S/C17H24N2/c1-2-4-16(5-3-1)18-8-10-19(11-9-18)17-13-14-6-7-15(17)12-14/h1-5,14-15,17H,6-13H2/t14-,15+,17+/m0/s1. The van der Waals surface area contributed by atoms with Crippen LogP contribution in [0.1, 0.15) is 25.7 Å². The van der Waals surface area contributed by atoms with Crippen molar-refractivity contribution in [1.29, 1.82) is 0 Å². The number of anilines is 1. The summed E-state index contributed by atoms with van der Waals surface area (Å²) in [6.07, 6.45) is 6.05. The molecule has 2 saturated carbocycles. The van der Waals surface area contributed by atoms with Crippen LogP contribution in [0.3, 0.4) is 0 Å². The van der Waals surface area contributed by atoms with Crippen LogP contribution in [0.4, 0.5) is 5.69 Å². The molecule has 0 radical (unpaired) electrons. The fourth-order valence-electron chi connectivity index (χ4n) is 4.61. The van der Waals surface area contributed by atoms with Gasteiger partial charge >= 0.3 is 0 Å². The van der Waals surface area contributed by atoms with Crippen LogP contribution < -0.4 is 4.90 Å². The zero-order chi connectivity index (χ0) is 12.7. The third kappa shape index (κ3) is 2.16. The highest BCUT2D eigenvalue weighted by Gasteiger charge is 2.42. The number of fused-ring (bicyclic) bond motifs is 2. The van der Waals surface area contributed by atoms with Crippen molar-refractivity contribution < 1.29 is 0 Å². The number of para-hydroxylation sites is 1. The first-order valence-corrected chi connectivity index (χ1v) is 7.94. The first-order valence-electron chi connectivity index (χ1n) is 7.94. The van der Waals surface area contributed by atoms with Crippen LogP contribution in [0.5, 0.6) is 0 Å². The summed E-state index contributed by atoms with van der Waals surface area (Å²) in [5.41, 5.74) is 1.40. The summed E-state index contributed by atoms with van der Waals surface area (Å²) in [5.74, 6) is 2.11. The van der Waals surface area contributed by atoms with E-state index in [1.54, 1.807) is 0 Å². The summed E-state index contributed by atoms with van der Waals surface area (Å²) in [6.45, 7) is 4.95. The second-order valence-electron chi connectivity index (χ2n) is 6.60. The van der Waals surface area contributed by atoms with Gasteiger partial charge in [-0.15, -0.1) is 0 Å². The minimum Gasteiger partial charge on any atom is -0.369 e. The molecule has 0 N–H and O–H groups in total. The molecule has 4 rings (SSSR count). The zero-order valence-electron chi connectivity index (χ0n) is 11.7. The predicted octanol–water partition coefficient (Wildman–Crippen LogP) is 3.00. The summed E-state index contributed by atoms with van der Waals surface area (Å²) in [6, 6.07) is 11.8. The van der Waals surface area contributed by atoms with Crippen molar-refractivity contribution in [3.63, 3.8) is 0 Å². The van der Waals surface area contributed by atoms with Gasteiger partial charge in [0.1, 0.15) is 0 Å². The maximum absolute atomic E-state index is 2.79. The first-order chi connectivity index (χ1) is 9.40. The van der Waals surface area contributed by atoms with E-state index in [9.17, 15) is 0 Å². The van der Waals surface area contributed by atoms with Crippen molar-refractivity contribution in [3.8, 4) is 0 Å². The maximum atomic E-state index is 2.79. The highest BCUT2D eigenvalue weighted by Crippen LogP contribution is 2.46. The maximum Gasteiger partial charge on any atom is 0.0367 e. The molecule has 19 heavy (non-hydrogen) atoms. The highest BCUT2D eigenvalue weighted by atomic mass is 15.3. The molecule has 2 heteroatoms. The van der Waals surface area contributed by atoms with E-state index >= 15 is 0 Å². The Morgan fingerprint density at radius 2 is 1.63 bits per heavy atom. The molecule has 1 aliphatic heterocycles. The molecule has 0 spiro atoms. The zero-order valence-corrected chi connectivity index (χ0v) is 11.7. The number of hydrogen-bond acceptors (Lipinski definition) is 2. The lowest BCUT2D eigenvalue weighted by atomic mass is 9.93. The van der Waals surface area contributed by atoms with Crippen LogP contribution >= 0.6 is 0 Å². The monoisotopic (exact) mass is 256 g/mol. The Hall–Kier alpha value is -1.02. The Balaban J connectivity index is 1.38. The average molecular weight is 256 g/mol. The molecule has 0 aromatic heterocycles. The van der Waals surface area contributed by atoms with Crippen LogP contribution in [0.2, 0.25) is 0 Å². The van der Waals surface area contributed by atoms with Gasteiger partial charge in [-0.1, -0.05) is 24.6 Å². The molecule has 1 heterocycles. The summed E-state index contributed by atoms with van der Waals surface area (Å²) in [7, 11) is 0. The topological polar surface area (TPSA) is 6.48 Å². The summed E-state index contributed by atoms with van der Waals surface area (Å²) < 4.78 is 0. The van der Waals surface area contributed by atoms with Crippen molar-refractivity contribution in [2.75, 3.05) is 31.1 Å². The summed E-state index contributed by atoms with van der Waals surface area (Å²) >= 11 is 0. The summed E-state index contributed by atoms with van der Waals surface area (Å²) in [5, 5.41) is 0. The Morgan fingerprint density at radius 1 is 0.842 bits per heavy atom. The van der Waals surface area contributed by atoms with Crippen LogP contribution in [0, 0.1) is 11.8 Å². The predicted molar refractivity (Wildman–Crippen MR) is 79.5 cm³/mol. The van der Waals surface area contributed by atoms with E-state index in [1.807, 2.05) is 0 Å². The fourth-order valence-corrected chi connectivity index (χ4v) is 4.61. The minimum atomic E-state index is 0.927. The van der Waals surface area contributed by atoms with Gasteiger partial charge in [0.25, 0.3) is 0 Å². The van der Waals surface area contributed by atoms with Gasteiger partial charge in [0.05, 0.1) is 0 Å². The van der Waals surface area contributed by atoms with E-state index in [1.165, 1.54) is 57.5 Å². The summed E-state index contributed by atoms with van der Waals surface area (Å²) in [4.78, 5) is 5.34. The van der Waals surface area contributed by atoms with E-state index in [0.717, 1.165) is 17.9 Å². The minimum absolute atomic E-state index is 0.927. The van der Waals surface area contributed by atoms with Gasteiger partial charge in [0.2, 0.25) is 0 Å². The molecule has 2 bridgehead atoms. The molecule has 1 aromatic carbocycles. The molecular formula is C17H24N2. The quantitative estimate of drug-likeness (QED) is 0.802. The Bertz CT molecular complexity index is 422. The van der Waals surface area contributed by atoms with E-state index in [2.05, 4.69) is 40.1 Å². The van der Waals surface area contributed by atoms with E-state index in [-0.39, 0.29) is 0 Å². The van der Waals surface area contributed by atoms with Crippen molar-refractivity contribution in [2.45, 2.75) is 31.7 Å². The Labute approximate surface area is 116 Å². The Kier molecular flexibility index (Phi) is 2.99. The van der Waals surface area contributed by atoms with Crippen molar-refractivity contribution in [2.24, 2.45) is 11.8 Å². The number of hydrogen-bond donors (Lipinski definition) is 0.